The molecule has 22 nitrogen and oxygen atoms in total. The van der Waals surface area contributed by atoms with Gasteiger partial charge in [0, 0.05) is 124 Å². The van der Waals surface area contributed by atoms with Gasteiger partial charge in [-0.25, -0.2) is 0 Å². The fourth-order valence-electron chi connectivity index (χ4n) is 6.96. The number of unbranched alkanes of at least 4 members (excludes halogenated alkanes) is 1. The molecule has 0 unspecified atom stereocenters. The van der Waals surface area contributed by atoms with E-state index in [2.05, 4.69) is 5.32 Å². The summed E-state index contributed by atoms with van der Waals surface area (Å²) in [5, 5.41) is 50.2. The summed E-state index contributed by atoms with van der Waals surface area (Å²) < 4.78 is 5.52. The van der Waals surface area contributed by atoms with Crippen LogP contribution in [0.5, 0.6) is 5.75 Å². The quantitative estimate of drug-likeness (QED) is 0.0460. The summed E-state index contributed by atoms with van der Waals surface area (Å²) in [6, 6.07) is 6.13. The van der Waals surface area contributed by atoms with Crippen LogP contribution in [0.25, 0.3) is 0 Å². The second-order valence-electron chi connectivity index (χ2n) is 15.4. The fraction of sp³-hybridized carbons (Fsp3) is 0.561. The number of carboxylic acids is 5. The Morgan fingerprint density at radius 3 is 1.47 bits per heavy atom. The average molecular weight is 1050 g/mol. The number of ether oxygens (including phenoxy) is 1. The van der Waals surface area contributed by atoms with Gasteiger partial charge in [0.2, 0.25) is 5.91 Å². The number of Topliss-reactive ketones (excluding diaryl/α,β-unsaturated/α-hetero) is 2. The minimum absolute atomic E-state index is 0. The number of hydrogen-bond acceptors (Lipinski definition) is 15. The Balaban J connectivity index is 0.0000141. The van der Waals surface area contributed by atoms with Gasteiger partial charge in [-0.1, -0.05) is 18.6 Å². The first-order valence-electron chi connectivity index (χ1n) is 20.4. The SMILES string of the molecule is O=C(O)CN1CCN(CC(=O)O)CCN(CC(=O)NCC(=O)C[C@@H](Cc2ccc(OCC(=O)C[C@@H](CCCCN3C(=O)C=CC3=O)C(=O)O)cc2)C(=O)O)CCN(CC(=O)O)CC1.[Gd]. The maximum atomic E-state index is 13.0. The van der Waals surface area contributed by atoms with E-state index in [1.54, 1.807) is 31.7 Å². The third-order valence-electron chi connectivity index (χ3n) is 10.4. The van der Waals surface area contributed by atoms with Gasteiger partial charge in [-0.15, -0.1) is 0 Å². The Labute approximate surface area is 401 Å². The zero-order valence-corrected chi connectivity index (χ0v) is 37.6. The van der Waals surface area contributed by atoms with Crippen LogP contribution < -0.4 is 10.1 Å². The Bertz CT molecular complexity index is 1800. The molecule has 354 valence electrons. The minimum Gasteiger partial charge on any atom is -0.486 e. The van der Waals surface area contributed by atoms with Crippen molar-refractivity contribution in [2.45, 2.75) is 38.5 Å². The van der Waals surface area contributed by atoms with E-state index in [9.17, 15) is 73.5 Å². The van der Waals surface area contributed by atoms with E-state index in [0.717, 1.165) is 17.1 Å². The molecule has 64 heavy (non-hydrogen) atoms. The molecule has 0 aromatic heterocycles. The smallest absolute Gasteiger partial charge is 0.317 e. The molecule has 0 saturated carbocycles. The number of nitrogens with zero attached hydrogens (tertiary/aromatic N) is 5. The van der Waals surface area contributed by atoms with Crippen LogP contribution in [0.4, 0.5) is 0 Å². The summed E-state index contributed by atoms with van der Waals surface area (Å²) >= 11 is 0. The number of carboxylic acid groups (broad SMARTS) is 5. The summed E-state index contributed by atoms with van der Waals surface area (Å²) in [5.41, 5.74) is 0.538. The number of hydrogen-bond donors (Lipinski definition) is 6. The summed E-state index contributed by atoms with van der Waals surface area (Å²) in [4.78, 5) is 128. The van der Waals surface area contributed by atoms with E-state index in [1.165, 1.54) is 12.1 Å². The molecule has 3 rings (SSSR count). The molecule has 1 fully saturated rings. The van der Waals surface area contributed by atoms with Gasteiger partial charge >= 0.3 is 29.8 Å². The van der Waals surface area contributed by atoms with Crippen molar-refractivity contribution in [3.8, 4) is 5.75 Å². The van der Waals surface area contributed by atoms with Crippen molar-refractivity contribution in [2.75, 3.05) is 98.2 Å². The molecule has 1 aromatic rings. The van der Waals surface area contributed by atoms with E-state index in [1.807, 2.05) is 0 Å². The average Bonchev–Trinajstić information content (AvgIpc) is 3.53. The number of imide groups is 1. The Kier molecular flexibility index (Phi) is 25.0. The first-order chi connectivity index (χ1) is 29.9. The predicted molar refractivity (Wildman–Crippen MR) is 219 cm³/mol. The van der Waals surface area contributed by atoms with Gasteiger partial charge in [-0.3, -0.25) is 72.4 Å². The molecule has 2 heterocycles. The molecule has 0 radical (unpaired) electrons. The zero-order chi connectivity index (χ0) is 46.5. The second kappa shape index (κ2) is 28.9. The van der Waals surface area contributed by atoms with Gasteiger partial charge in [0.1, 0.15) is 12.4 Å². The Morgan fingerprint density at radius 1 is 0.594 bits per heavy atom. The van der Waals surface area contributed by atoms with Crippen molar-refractivity contribution in [1.82, 2.24) is 29.8 Å². The number of amides is 3. The molecule has 2 aliphatic rings. The van der Waals surface area contributed by atoms with Crippen molar-refractivity contribution in [2.24, 2.45) is 11.8 Å². The molecule has 0 bridgehead atoms. The van der Waals surface area contributed by atoms with E-state index < -0.39 is 90.5 Å². The predicted octanol–water partition coefficient (Wildman–Crippen LogP) is -1.39. The summed E-state index contributed by atoms with van der Waals surface area (Å²) in [7, 11) is 0. The van der Waals surface area contributed by atoms with Gasteiger partial charge in [0.05, 0.1) is 44.6 Å². The molecular formula is C41H56GdN6O16. The minimum atomic E-state index is -1.24. The van der Waals surface area contributed by atoms with Crippen LogP contribution in [-0.4, -0.2) is 207 Å². The number of carbonyl (C=O) groups excluding carboxylic acids is 5. The van der Waals surface area contributed by atoms with Crippen LogP contribution in [-0.2, 0) is 54.4 Å². The van der Waals surface area contributed by atoms with E-state index in [4.69, 9.17) is 4.74 Å². The van der Waals surface area contributed by atoms with E-state index >= 15 is 0 Å². The molecule has 3 amide bonds. The van der Waals surface area contributed by atoms with Crippen molar-refractivity contribution in [3.63, 3.8) is 0 Å². The molecule has 0 spiro atoms. The van der Waals surface area contributed by atoms with Crippen LogP contribution in [0.2, 0.25) is 0 Å². The number of rotatable bonds is 26. The van der Waals surface area contributed by atoms with E-state index in [0.29, 0.717) is 18.4 Å². The normalized spacial score (nSPS) is 16.7. The molecular weight excluding hydrogens is 990 g/mol. The van der Waals surface area contributed by atoms with Crippen LogP contribution in [0.15, 0.2) is 36.4 Å². The maximum Gasteiger partial charge on any atom is 0.317 e. The topological polar surface area (TPSA) is 309 Å². The number of ketones is 2. The largest absolute Gasteiger partial charge is 0.486 e. The molecule has 23 heteroatoms. The van der Waals surface area contributed by atoms with Crippen LogP contribution >= 0.6 is 0 Å². The molecule has 6 N–H and O–H groups in total. The first-order valence-corrected chi connectivity index (χ1v) is 20.4. The molecule has 1 saturated heterocycles. The van der Waals surface area contributed by atoms with Crippen LogP contribution in [0.3, 0.4) is 0 Å². The van der Waals surface area contributed by atoms with Gasteiger partial charge in [-0.05, 0) is 37.0 Å². The monoisotopic (exact) mass is 1050 g/mol. The van der Waals surface area contributed by atoms with Gasteiger partial charge in [0.15, 0.2) is 11.6 Å². The van der Waals surface area contributed by atoms with E-state index in [-0.39, 0.29) is 150 Å². The third kappa shape index (κ3) is 21.7. The molecule has 1 aromatic carbocycles. The number of nitrogens with one attached hydrogen (secondary N) is 1. The first kappa shape index (κ1) is 55.4. The Morgan fingerprint density at radius 2 is 1.03 bits per heavy atom. The second-order valence-corrected chi connectivity index (χ2v) is 15.4. The summed E-state index contributed by atoms with van der Waals surface area (Å²) in [6.07, 6.45) is 2.49. The van der Waals surface area contributed by atoms with Crippen LogP contribution in [0, 0.1) is 51.8 Å². The number of benzene rings is 1. The standard InChI is InChI=1S/C41H56N6O16.Gd/c48-31(22-42-34(50)23-43-11-13-44(24-37(53)54)15-17-46(26-39(57)58)18-16-45(14-12-43)25-38(55)56)21-30(41(61)62)19-28-4-6-33(7-5-28)63-27-32(49)20-29(40(59)60)3-1-2-10-47-35(51)8-9-36(47)52;/h4-9,29-30H,1-3,10-27H2,(H,42,50)(H,53,54)(H,55,56)(H,57,58)(H,59,60)(H,61,62);/t29-,30-;/m1./s1. The Hall–Kier alpha value is -4.78. The molecule has 0 aliphatic carbocycles. The summed E-state index contributed by atoms with van der Waals surface area (Å²) in [5.74, 6) is -9.99. The molecule has 2 aliphatic heterocycles. The van der Waals surface area contributed by atoms with Gasteiger partial charge in [-0.2, -0.15) is 0 Å². The van der Waals surface area contributed by atoms with Crippen molar-refractivity contribution in [1.29, 1.82) is 0 Å². The van der Waals surface area contributed by atoms with Crippen molar-refractivity contribution < 1.29 is 118 Å². The molecule has 2 atom stereocenters. The van der Waals surface area contributed by atoms with Crippen molar-refractivity contribution in [3.05, 3.63) is 42.0 Å². The number of carbonyl (C=O) groups is 10. The summed E-state index contributed by atoms with van der Waals surface area (Å²) in [6.45, 7) is -0.367. The maximum absolute atomic E-state index is 13.0. The van der Waals surface area contributed by atoms with Crippen molar-refractivity contribution >= 4 is 59.1 Å². The van der Waals surface area contributed by atoms with Gasteiger partial charge in [0.25, 0.3) is 11.8 Å². The van der Waals surface area contributed by atoms with Gasteiger partial charge < -0.3 is 35.6 Å². The van der Waals surface area contributed by atoms with Crippen LogP contribution in [0.1, 0.15) is 37.7 Å². The third-order valence-corrected chi connectivity index (χ3v) is 10.4. The number of aliphatic carboxylic acids is 5. The fourth-order valence-corrected chi connectivity index (χ4v) is 6.96. The zero-order valence-electron chi connectivity index (χ0n) is 35.3.